The molecule has 132 valence electrons. The lowest BCUT2D eigenvalue weighted by molar-refractivity contribution is -0.121. The fraction of sp³-hybridized carbons (Fsp3) is 0.0556. The van der Waals surface area contributed by atoms with E-state index in [-0.39, 0.29) is 27.2 Å². The number of aliphatic hydroxyl groups is 1. The van der Waals surface area contributed by atoms with Crippen molar-refractivity contribution in [2.75, 3.05) is 10.2 Å². The van der Waals surface area contributed by atoms with Crippen LogP contribution >= 0.6 is 23.2 Å². The second-order valence-electron chi connectivity index (χ2n) is 5.52. The lowest BCUT2D eigenvalue weighted by atomic mass is 10.1. The van der Waals surface area contributed by atoms with E-state index in [1.54, 1.807) is 12.1 Å². The minimum atomic E-state index is -0.889. The molecule has 0 radical (unpaired) electrons. The summed E-state index contributed by atoms with van der Waals surface area (Å²) in [5.74, 6) is -2.53. The van der Waals surface area contributed by atoms with Gasteiger partial charge in [-0.15, -0.1) is 0 Å². The number of anilines is 2. The maximum atomic E-state index is 12.8. The molecule has 2 N–H and O–H groups in total. The maximum absolute atomic E-state index is 12.8. The van der Waals surface area contributed by atoms with E-state index in [0.29, 0.717) is 11.3 Å². The number of nitrogens with zero attached hydrogens (tertiary/aromatic N) is 1. The first-order chi connectivity index (χ1) is 12.3. The highest BCUT2D eigenvalue weighted by atomic mass is 35.5. The van der Waals surface area contributed by atoms with Gasteiger partial charge in [0.05, 0.1) is 16.3 Å². The summed E-state index contributed by atoms with van der Waals surface area (Å²) in [7, 11) is 0. The van der Waals surface area contributed by atoms with Gasteiger partial charge in [0.25, 0.3) is 5.91 Å². The number of rotatable bonds is 3. The van der Waals surface area contributed by atoms with Gasteiger partial charge in [-0.1, -0.05) is 35.3 Å². The van der Waals surface area contributed by atoms with Gasteiger partial charge in [0.1, 0.15) is 0 Å². The second kappa shape index (κ2) is 6.82. The molecule has 0 atom stereocenters. The number of nitrogens with one attached hydrogen (secondary N) is 1. The molecule has 8 heteroatoms. The zero-order valence-electron chi connectivity index (χ0n) is 13.4. The maximum Gasteiger partial charge on any atom is 0.301 e. The van der Waals surface area contributed by atoms with Crippen molar-refractivity contribution in [3.8, 4) is 0 Å². The fourth-order valence-electron chi connectivity index (χ4n) is 2.58. The normalized spacial score (nSPS) is 14.2. The molecule has 2 aromatic carbocycles. The first-order valence-corrected chi connectivity index (χ1v) is 8.20. The van der Waals surface area contributed by atoms with E-state index in [1.807, 2.05) is 0 Å². The van der Waals surface area contributed by atoms with Crippen molar-refractivity contribution in [2.45, 2.75) is 6.92 Å². The monoisotopic (exact) mass is 390 g/mol. The summed E-state index contributed by atoms with van der Waals surface area (Å²) in [6, 6.07) is 10.5. The molecule has 0 bridgehead atoms. The lowest BCUT2D eigenvalue weighted by Crippen LogP contribution is -2.31. The molecule has 0 unspecified atom stereocenters. The number of hydrogen-bond acceptors (Lipinski definition) is 4. The molecule has 3 amide bonds. The van der Waals surface area contributed by atoms with Gasteiger partial charge in [0.2, 0.25) is 5.91 Å². The minimum absolute atomic E-state index is 0.0885. The molecule has 0 fully saturated rings. The first kappa shape index (κ1) is 18.0. The van der Waals surface area contributed by atoms with Gasteiger partial charge in [0.15, 0.2) is 5.76 Å². The van der Waals surface area contributed by atoms with Crippen LogP contribution in [0.1, 0.15) is 12.5 Å². The van der Waals surface area contributed by atoms with E-state index in [9.17, 15) is 19.5 Å². The quantitative estimate of drug-likeness (QED) is 0.780. The highest BCUT2D eigenvalue weighted by molar-refractivity contribution is 6.47. The van der Waals surface area contributed by atoms with Crippen LogP contribution in [0.25, 0.3) is 5.57 Å². The smallest absolute Gasteiger partial charge is 0.301 e. The standard InChI is InChI=1S/C18H12Cl2N2O4/c1-9(23)21-12-5-2-10(3-6-12)15-16(24)18(26)22(17(15)25)14-8-11(19)4-7-13(14)20/h2-8,24H,1H3,(H,21,23). The zero-order valence-corrected chi connectivity index (χ0v) is 14.9. The highest BCUT2D eigenvalue weighted by Crippen LogP contribution is 2.36. The van der Waals surface area contributed by atoms with Crippen LogP contribution in [0.2, 0.25) is 10.0 Å². The highest BCUT2D eigenvalue weighted by Gasteiger charge is 2.41. The van der Waals surface area contributed by atoms with E-state index < -0.39 is 17.6 Å². The summed E-state index contributed by atoms with van der Waals surface area (Å²) in [4.78, 5) is 37.0. The average Bonchev–Trinajstić information content (AvgIpc) is 2.80. The van der Waals surface area contributed by atoms with E-state index in [2.05, 4.69) is 5.32 Å². The summed E-state index contributed by atoms with van der Waals surface area (Å²) in [5.41, 5.74) is 0.787. The molecule has 1 aliphatic rings. The summed E-state index contributed by atoms with van der Waals surface area (Å²) in [6.07, 6.45) is 0. The molecular weight excluding hydrogens is 379 g/mol. The Bertz CT molecular complexity index is 968. The Hall–Kier alpha value is -2.83. The number of carbonyl (C=O) groups is 3. The number of aliphatic hydroxyl groups excluding tert-OH is 1. The number of imide groups is 1. The lowest BCUT2D eigenvalue weighted by Gasteiger charge is -2.16. The van der Waals surface area contributed by atoms with Gasteiger partial charge >= 0.3 is 5.91 Å². The Kier molecular flexibility index (Phi) is 4.71. The Labute approximate surface area is 158 Å². The van der Waals surface area contributed by atoms with E-state index >= 15 is 0 Å². The largest absolute Gasteiger partial charge is 0.502 e. The van der Waals surface area contributed by atoms with Crippen molar-refractivity contribution in [1.29, 1.82) is 0 Å². The van der Waals surface area contributed by atoms with Crippen molar-refractivity contribution >= 4 is 57.9 Å². The molecule has 0 saturated carbocycles. The van der Waals surface area contributed by atoms with E-state index in [4.69, 9.17) is 23.2 Å². The van der Waals surface area contributed by atoms with Crippen LogP contribution in [0.3, 0.4) is 0 Å². The molecule has 0 aromatic heterocycles. The van der Waals surface area contributed by atoms with Gasteiger partial charge in [-0.25, -0.2) is 4.90 Å². The third-order valence-corrected chi connectivity index (χ3v) is 4.26. The Morgan fingerprint density at radius 1 is 1.04 bits per heavy atom. The number of amides is 3. The van der Waals surface area contributed by atoms with Crippen LogP contribution in [0.5, 0.6) is 0 Å². The molecule has 0 aliphatic carbocycles. The molecule has 0 spiro atoms. The molecule has 2 aromatic rings. The molecule has 26 heavy (non-hydrogen) atoms. The van der Waals surface area contributed by atoms with Crippen molar-refractivity contribution in [3.05, 3.63) is 63.8 Å². The van der Waals surface area contributed by atoms with Gasteiger partial charge < -0.3 is 10.4 Å². The van der Waals surface area contributed by atoms with Gasteiger partial charge in [-0.05, 0) is 35.9 Å². The topological polar surface area (TPSA) is 86.7 Å². The number of benzene rings is 2. The van der Waals surface area contributed by atoms with Crippen molar-refractivity contribution in [3.63, 3.8) is 0 Å². The van der Waals surface area contributed by atoms with Crippen LogP contribution in [0.4, 0.5) is 11.4 Å². The van der Waals surface area contributed by atoms with Gasteiger partial charge in [0, 0.05) is 17.6 Å². The number of hydrogen-bond donors (Lipinski definition) is 2. The molecule has 0 saturated heterocycles. The summed E-state index contributed by atoms with van der Waals surface area (Å²) in [5, 5.41) is 13.2. The number of carbonyl (C=O) groups excluding carboxylic acids is 3. The molecule has 3 rings (SSSR count). The minimum Gasteiger partial charge on any atom is -0.502 e. The summed E-state index contributed by atoms with van der Waals surface area (Å²) < 4.78 is 0. The van der Waals surface area contributed by atoms with Crippen LogP contribution in [-0.4, -0.2) is 22.8 Å². The third kappa shape index (κ3) is 3.16. The Morgan fingerprint density at radius 2 is 1.69 bits per heavy atom. The van der Waals surface area contributed by atoms with Crippen molar-refractivity contribution in [1.82, 2.24) is 0 Å². The Morgan fingerprint density at radius 3 is 2.31 bits per heavy atom. The third-order valence-electron chi connectivity index (χ3n) is 3.70. The summed E-state index contributed by atoms with van der Waals surface area (Å²) in [6.45, 7) is 1.37. The molecule has 1 aliphatic heterocycles. The van der Waals surface area contributed by atoms with Crippen LogP contribution < -0.4 is 10.2 Å². The molecule has 6 nitrogen and oxygen atoms in total. The Balaban J connectivity index is 1.99. The van der Waals surface area contributed by atoms with Gasteiger partial charge in [-0.3, -0.25) is 14.4 Å². The van der Waals surface area contributed by atoms with Crippen molar-refractivity contribution < 1.29 is 19.5 Å². The van der Waals surface area contributed by atoms with E-state index in [0.717, 1.165) is 4.90 Å². The van der Waals surface area contributed by atoms with Gasteiger partial charge in [-0.2, -0.15) is 0 Å². The number of halogens is 2. The van der Waals surface area contributed by atoms with Crippen LogP contribution in [-0.2, 0) is 14.4 Å². The SMILES string of the molecule is CC(=O)Nc1ccc(C2=C(O)C(=O)N(c3cc(Cl)ccc3Cl)C2=O)cc1. The van der Waals surface area contributed by atoms with Crippen molar-refractivity contribution in [2.24, 2.45) is 0 Å². The van der Waals surface area contributed by atoms with E-state index in [1.165, 1.54) is 37.3 Å². The zero-order chi connectivity index (χ0) is 19.0. The van der Waals surface area contributed by atoms with Crippen LogP contribution in [0.15, 0.2) is 48.2 Å². The van der Waals surface area contributed by atoms with Crippen LogP contribution in [0, 0.1) is 0 Å². The summed E-state index contributed by atoms with van der Waals surface area (Å²) >= 11 is 12.0. The average molecular weight is 391 g/mol. The second-order valence-corrected chi connectivity index (χ2v) is 6.37. The molecule has 1 heterocycles. The predicted octanol–water partition coefficient (Wildman–Crippen LogP) is 3.79. The first-order valence-electron chi connectivity index (χ1n) is 7.44. The fourth-order valence-corrected chi connectivity index (χ4v) is 2.95. The molecular formula is C18H12Cl2N2O4. The predicted molar refractivity (Wildman–Crippen MR) is 99.2 cm³/mol.